The maximum absolute atomic E-state index is 13.4. The number of halogens is 1. The van der Waals surface area contributed by atoms with Crippen LogP contribution in [-0.2, 0) is 9.53 Å². The van der Waals surface area contributed by atoms with Crippen molar-refractivity contribution in [3.05, 3.63) is 58.6 Å². The standard InChI is InChI=1S/C35H49ClN4O5/c1-6-44-32-10-8-7-9-31(32)40(25(2)41)22-21-38-17-15-27(16-18-38)29-12-11-28(36)23-30(29)33(42)37-24-26-13-19-39(20-14-26)34(43)45-35(3,4)5/h7-12,23,26-27H,6,13-22,24H2,1-5H3,(H,37,42). The Morgan fingerprint density at radius 1 is 1.00 bits per heavy atom. The van der Waals surface area contributed by atoms with Crippen molar-refractivity contribution in [2.75, 3.05) is 57.3 Å². The van der Waals surface area contributed by atoms with Gasteiger partial charge in [-0.25, -0.2) is 4.79 Å². The molecule has 0 radical (unpaired) electrons. The van der Waals surface area contributed by atoms with Crippen LogP contribution in [0.3, 0.4) is 0 Å². The van der Waals surface area contributed by atoms with Gasteiger partial charge in [0.1, 0.15) is 11.4 Å². The summed E-state index contributed by atoms with van der Waals surface area (Å²) in [4.78, 5) is 44.3. The van der Waals surface area contributed by atoms with E-state index in [9.17, 15) is 14.4 Å². The highest BCUT2D eigenvalue weighted by atomic mass is 35.5. The Morgan fingerprint density at radius 2 is 1.69 bits per heavy atom. The number of para-hydroxylation sites is 2. The Balaban J connectivity index is 1.29. The van der Waals surface area contributed by atoms with Crippen molar-refractivity contribution in [2.24, 2.45) is 5.92 Å². The van der Waals surface area contributed by atoms with E-state index in [1.54, 1.807) is 22.8 Å². The lowest BCUT2D eigenvalue weighted by atomic mass is 9.86. The first-order valence-electron chi connectivity index (χ1n) is 16.2. The van der Waals surface area contributed by atoms with Crippen LogP contribution in [0.2, 0.25) is 5.02 Å². The van der Waals surface area contributed by atoms with Gasteiger partial charge < -0.3 is 29.5 Å². The fourth-order valence-corrected chi connectivity index (χ4v) is 6.35. The van der Waals surface area contributed by atoms with Gasteiger partial charge in [-0.05, 0) is 108 Å². The first kappa shape index (κ1) is 34.6. The first-order chi connectivity index (χ1) is 21.4. The van der Waals surface area contributed by atoms with Crippen LogP contribution >= 0.6 is 11.6 Å². The lowest BCUT2D eigenvalue weighted by molar-refractivity contribution is -0.116. The Hall–Kier alpha value is -3.30. The number of ether oxygens (including phenoxy) is 2. The molecule has 0 unspecified atom stereocenters. The Bertz CT molecular complexity index is 1310. The summed E-state index contributed by atoms with van der Waals surface area (Å²) in [6.45, 7) is 14.6. The van der Waals surface area contributed by atoms with Gasteiger partial charge in [-0.15, -0.1) is 0 Å². The molecule has 0 aromatic heterocycles. The van der Waals surface area contributed by atoms with E-state index in [0.29, 0.717) is 55.0 Å². The van der Waals surface area contributed by atoms with Gasteiger partial charge in [0.05, 0.1) is 12.3 Å². The van der Waals surface area contributed by atoms with Gasteiger partial charge in [-0.3, -0.25) is 9.59 Å². The van der Waals surface area contributed by atoms with E-state index in [0.717, 1.165) is 56.6 Å². The third-order valence-corrected chi connectivity index (χ3v) is 8.82. The van der Waals surface area contributed by atoms with Crippen LogP contribution in [0.5, 0.6) is 5.75 Å². The molecule has 2 heterocycles. The second-order valence-electron chi connectivity index (χ2n) is 13.0. The zero-order valence-corrected chi connectivity index (χ0v) is 28.2. The maximum Gasteiger partial charge on any atom is 0.410 e. The third kappa shape index (κ3) is 9.84. The molecule has 2 fully saturated rings. The van der Waals surface area contributed by atoms with E-state index in [1.807, 2.05) is 64.1 Å². The number of benzene rings is 2. The lowest BCUT2D eigenvalue weighted by Gasteiger charge is -2.34. The normalized spacial score (nSPS) is 16.7. The van der Waals surface area contributed by atoms with Crippen LogP contribution in [-0.4, -0.2) is 85.7 Å². The number of hydrogen-bond donors (Lipinski definition) is 1. The van der Waals surface area contributed by atoms with Crippen molar-refractivity contribution in [1.82, 2.24) is 15.1 Å². The smallest absolute Gasteiger partial charge is 0.410 e. The van der Waals surface area contributed by atoms with Gasteiger partial charge >= 0.3 is 6.09 Å². The average Bonchev–Trinajstić information content (AvgIpc) is 3.00. The number of likely N-dealkylation sites (tertiary alicyclic amines) is 2. The van der Waals surface area contributed by atoms with Crippen molar-refractivity contribution in [2.45, 2.75) is 71.8 Å². The third-order valence-electron chi connectivity index (χ3n) is 8.58. The summed E-state index contributed by atoms with van der Waals surface area (Å²) in [7, 11) is 0. The number of piperidine rings is 2. The summed E-state index contributed by atoms with van der Waals surface area (Å²) in [5.74, 6) is 1.15. The second-order valence-corrected chi connectivity index (χ2v) is 13.5. The van der Waals surface area contributed by atoms with Crippen molar-refractivity contribution in [1.29, 1.82) is 0 Å². The van der Waals surface area contributed by atoms with E-state index >= 15 is 0 Å². The highest BCUT2D eigenvalue weighted by Crippen LogP contribution is 2.33. The molecule has 0 bridgehead atoms. The Kier molecular flexibility index (Phi) is 12.1. The van der Waals surface area contributed by atoms with E-state index in [4.69, 9.17) is 21.1 Å². The van der Waals surface area contributed by atoms with Crippen molar-refractivity contribution >= 4 is 35.2 Å². The van der Waals surface area contributed by atoms with E-state index in [2.05, 4.69) is 10.2 Å². The molecular weight excluding hydrogens is 592 g/mol. The highest BCUT2D eigenvalue weighted by molar-refractivity contribution is 6.31. The molecule has 9 nitrogen and oxygen atoms in total. The molecule has 0 spiro atoms. The van der Waals surface area contributed by atoms with Crippen LogP contribution < -0.4 is 15.0 Å². The molecule has 1 N–H and O–H groups in total. The topological polar surface area (TPSA) is 91.4 Å². The zero-order chi connectivity index (χ0) is 32.6. The van der Waals surface area contributed by atoms with E-state index in [1.165, 1.54) is 0 Å². The minimum atomic E-state index is -0.513. The Morgan fingerprint density at radius 3 is 2.33 bits per heavy atom. The van der Waals surface area contributed by atoms with Crippen molar-refractivity contribution in [3.63, 3.8) is 0 Å². The molecule has 2 saturated heterocycles. The molecule has 246 valence electrons. The van der Waals surface area contributed by atoms with Gasteiger partial charge in [-0.1, -0.05) is 29.8 Å². The molecule has 2 aromatic rings. The number of carbonyl (C=O) groups is 3. The van der Waals surface area contributed by atoms with Crippen LogP contribution in [0, 0.1) is 5.92 Å². The number of nitrogens with one attached hydrogen (secondary N) is 1. The SMILES string of the molecule is CCOc1ccccc1N(CCN1CCC(c2ccc(Cl)cc2C(=O)NCC2CCN(C(=O)OC(C)(C)C)CC2)CC1)C(C)=O. The number of nitrogens with zero attached hydrogens (tertiary/aromatic N) is 3. The molecule has 0 aliphatic carbocycles. The molecule has 0 atom stereocenters. The van der Waals surface area contributed by atoms with Crippen LogP contribution in [0.25, 0.3) is 0 Å². The monoisotopic (exact) mass is 640 g/mol. The molecular formula is C35H49ClN4O5. The second kappa shape index (κ2) is 15.8. The molecule has 4 rings (SSSR count). The first-order valence-corrected chi connectivity index (χ1v) is 16.6. The molecule has 2 aliphatic rings. The number of hydrogen-bond acceptors (Lipinski definition) is 6. The Labute approximate surface area is 273 Å². The largest absolute Gasteiger partial charge is 0.492 e. The maximum atomic E-state index is 13.4. The van der Waals surface area contributed by atoms with Crippen LogP contribution in [0.15, 0.2) is 42.5 Å². The number of rotatable bonds is 10. The van der Waals surface area contributed by atoms with Gasteiger partial charge in [0.25, 0.3) is 5.91 Å². The fourth-order valence-electron chi connectivity index (χ4n) is 6.17. The van der Waals surface area contributed by atoms with Crippen LogP contribution in [0.4, 0.5) is 10.5 Å². The number of carbonyl (C=O) groups excluding carboxylic acids is 3. The molecule has 2 aromatic carbocycles. The van der Waals surface area contributed by atoms with Crippen LogP contribution in [0.1, 0.15) is 82.1 Å². The number of anilines is 1. The highest BCUT2D eigenvalue weighted by Gasteiger charge is 2.29. The van der Waals surface area contributed by atoms with Crippen molar-refractivity contribution < 1.29 is 23.9 Å². The zero-order valence-electron chi connectivity index (χ0n) is 27.4. The molecule has 2 aliphatic heterocycles. The quantitative estimate of drug-likeness (QED) is 0.326. The summed E-state index contributed by atoms with van der Waals surface area (Å²) < 4.78 is 11.3. The number of amides is 3. The minimum absolute atomic E-state index is 0.0116. The van der Waals surface area contributed by atoms with Crippen molar-refractivity contribution in [3.8, 4) is 5.75 Å². The minimum Gasteiger partial charge on any atom is -0.492 e. The van der Waals surface area contributed by atoms with Gasteiger partial charge in [-0.2, -0.15) is 0 Å². The predicted octanol–water partition coefficient (Wildman–Crippen LogP) is 6.35. The van der Waals surface area contributed by atoms with E-state index in [-0.39, 0.29) is 23.8 Å². The lowest BCUT2D eigenvalue weighted by Crippen LogP contribution is -2.43. The van der Waals surface area contributed by atoms with E-state index < -0.39 is 5.60 Å². The summed E-state index contributed by atoms with van der Waals surface area (Å²) >= 11 is 6.36. The molecule has 10 heteroatoms. The molecule has 3 amide bonds. The molecule has 45 heavy (non-hydrogen) atoms. The summed E-state index contributed by atoms with van der Waals surface area (Å²) in [5.41, 5.74) is 1.96. The van der Waals surface area contributed by atoms with Gasteiger partial charge in [0, 0.05) is 50.2 Å². The summed E-state index contributed by atoms with van der Waals surface area (Å²) in [6, 6.07) is 13.3. The molecule has 0 saturated carbocycles. The summed E-state index contributed by atoms with van der Waals surface area (Å²) in [5, 5.41) is 3.69. The fraction of sp³-hybridized carbons (Fsp3) is 0.571. The summed E-state index contributed by atoms with van der Waals surface area (Å²) in [6.07, 6.45) is 3.20. The average molecular weight is 641 g/mol. The van der Waals surface area contributed by atoms with Gasteiger partial charge in [0.15, 0.2) is 0 Å². The van der Waals surface area contributed by atoms with Gasteiger partial charge in [0.2, 0.25) is 5.91 Å². The predicted molar refractivity (Wildman–Crippen MR) is 178 cm³/mol.